The van der Waals surface area contributed by atoms with Gasteiger partial charge >= 0.3 is 5.97 Å². The van der Waals surface area contributed by atoms with Gasteiger partial charge in [-0.1, -0.05) is 19.1 Å². The van der Waals surface area contributed by atoms with E-state index in [4.69, 9.17) is 14.2 Å². The number of ether oxygens (including phenoxy) is 3. The Morgan fingerprint density at radius 1 is 1.06 bits per heavy atom. The molecule has 3 aromatic rings. The van der Waals surface area contributed by atoms with E-state index in [2.05, 4.69) is 17.2 Å². The topological polar surface area (TPSA) is 86.8 Å². The molecule has 1 heterocycles. The van der Waals surface area contributed by atoms with Gasteiger partial charge in [0.25, 0.3) is 5.91 Å². The molecule has 31 heavy (non-hydrogen) atoms. The summed E-state index contributed by atoms with van der Waals surface area (Å²) >= 11 is 1.30. The van der Waals surface area contributed by atoms with E-state index in [9.17, 15) is 9.59 Å². The third kappa shape index (κ3) is 5.40. The number of benzene rings is 2. The predicted octanol–water partition coefficient (Wildman–Crippen LogP) is 4.57. The minimum atomic E-state index is -0.968. The summed E-state index contributed by atoms with van der Waals surface area (Å²) in [6.45, 7) is 3.58. The molecular weight excluding hydrogens is 416 g/mol. The lowest BCUT2D eigenvalue weighted by atomic mass is 10.1. The van der Waals surface area contributed by atoms with Gasteiger partial charge in [0.1, 0.15) is 5.01 Å². The number of anilines is 1. The first-order chi connectivity index (χ1) is 14.9. The molecule has 0 saturated heterocycles. The van der Waals surface area contributed by atoms with E-state index in [1.807, 2.05) is 30.3 Å². The van der Waals surface area contributed by atoms with Crippen LogP contribution >= 0.6 is 11.3 Å². The van der Waals surface area contributed by atoms with Crippen LogP contribution in [-0.2, 0) is 16.0 Å². The maximum atomic E-state index is 12.5. The SMILES string of the molecule is CCc1ccc(NC(=O)C(C)OC(=O)c2csc(-c3ccc(OC)c(OC)c3)n2)cc1. The highest BCUT2D eigenvalue weighted by atomic mass is 32.1. The van der Waals surface area contributed by atoms with Gasteiger partial charge in [0.15, 0.2) is 23.3 Å². The second kappa shape index (κ2) is 10.1. The normalized spacial score (nSPS) is 11.5. The number of aryl methyl sites for hydroxylation is 1. The Morgan fingerprint density at radius 3 is 2.42 bits per heavy atom. The van der Waals surface area contributed by atoms with Crippen molar-refractivity contribution in [3.05, 3.63) is 59.1 Å². The van der Waals surface area contributed by atoms with E-state index in [-0.39, 0.29) is 5.69 Å². The van der Waals surface area contributed by atoms with Gasteiger partial charge in [0, 0.05) is 16.6 Å². The first-order valence-corrected chi connectivity index (χ1v) is 10.6. The van der Waals surface area contributed by atoms with E-state index in [1.54, 1.807) is 31.7 Å². The van der Waals surface area contributed by atoms with Crippen LogP contribution in [0.4, 0.5) is 5.69 Å². The Kier molecular flexibility index (Phi) is 7.25. The Balaban J connectivity index is 1.64. The van der Waals surface area contributed by atoms with Crippen LogP contribution < -0.4 is 14.8 Å². The first-order valence-electron chi connectivity index (χ1n) is 9.73. The van der Waals surface area contributed by atoms with E-state index < -0.39 is 18.0 Å². The number of amides is 1. The highest BCUT2D eigenvalue weighted by Gasteiger charge is 2.21. The molecule has 1 amide bonds. The summed E-state index contributed by atoms with van der Waals surface area (Å²) in [4.78, 5) is 29.2. The number of aromatic nitrogens is 1. The van der Waals surface area contributed by atoms with Gasteiger partial charge < -0.3 is 19.5 Å². The summed E-state index contributed by atoms with van der Waals surface area (Å²) in [5.41, 5.74) is 2.74. The molecule has 0 spiro atoms. The molecule has 0 aliphatic rings. The first kappa shape index (κ1) is 22.3. The van der Waals surface area contributed by atoms with Crippen LogP contribution in [0.15, 0.2) is 47.8 Å². The molecule has 3 rings (SSSR count). The molecule has 0 aliphatic heterocycles. The number of methoxy groups -OCH3 is 2. The fourth-order valence-electron chi connectivity index (χ4n) is 2.81. The average molecular weight is 441 g/mol. The molecule has 8 heteroatoms. The van der Waals surface area contributed by atoms with Crippen molar-refractivity contribution in [1.82, 2.24) is 4.98 Å². The summed E-state index contributed by atoms with van der Waals surface area (Å²) in [5.74, 6) is 0.100. The number of nitrogens with zero attached hydrogens (tertiary/aromatic N) is 1. The molecule has 1 unspecified atom stereocenters. The molecule has 0 aliphatic carbocycles. The highest BCUT2D eigenvalue weighted by Crippen LogP contribution is 2.33. The number of hydrogen-bond donors (Lipinski definition) is 1. The maximum absolute atomic E-state index is 12.5. The maximum Gasteiger partial charge on any atom is 0.358 e. The van der Waals surface area contributed by atoms with Crippen LogP contribution in [0.1, 0.15) is 29.9 Å². The molecule has 1 aromatic heterocycles. The third-order valence-electron chi connectivity index (χ3n) is 4.63. The standard InChI is InChI=1S/C23H24N2O5S/c1-5-15-6-9-17(10-7-15)24-21(26)14(2)30-23(27)18-13-31-22(25-18)16-8-11-19(28-3)20(12-16)29-4/h6-14H,5H2,1-4H3,(H,24,26). The van der Waals surface area contributed by atoms with Crippen molar-refractivity contribution in [2.75, 3.05) is 19.5 Å². The fourth-order valence-corrected chi connectivity index (χ4v) is 3.60. The summed E-state index contributed by atoms with van der Waals surface area (Å²) < 4.78 is 15.8. The van der Waals surface area contributed by atoms with Crippen molar-refractivity contribution < 1.29 is 23.8 Å². The van der Waals surface area contributed by atoms with Crippen molar-refractivity contribution in [1.29, 1.82) is 0 Å². The summed E-state index contributed by atoms with van der Waals surface area (Å²) in [6, 6.07) is 12.9. The summed E-state index contributed by atoms with van der Waals surface area (Å²) in [6.07, 6.45) is -0.0501. The molecule has 1 N–H and O–H groups in total. The highest BCUT2D eigenvalue weighted by molar-refractivity contribution is 7.13. The van der Waals surface area contributed by atoms with Gasteiger partial charge in [-0.25, -0.2) is 9.78 Å². The molecule has 2 aromatic carbocycles. The van der Waals surface area contributed by atoms with Gasteiger partial charge in [-0.3, -0.25) is 4.79 Å². The van der Waals surface area contributed by atoms with Crippen LogP contribution in [0.25, 0.3) is 10.6 Å². The summed E-state index contributed by atoms with van der Waals surface area (Å²) in [5, 5.41) is 4.97. The zero-order valence-electron chi connectivity index (χ0n) is 17.8. The molecule has 0 saturated carbocycles. The molecular formula is C23H24N2O5S. The van der Waals surface area contributed by atoms with Crippen molar-refractivity contribution in [3.8, 4) is 22.1 Å². The second-order valence-corrected chi connectivity index (χ2v) is 7.55. The quantitative estimate of drug-likeness (QED) is 0.516. The number of thiazole rings is 1. The zero-order chi connectivity index (χ0) is 22.4. The third-order valence-corrected chi connectivity index (χ3v) is 5.52. The minimum absolute atomic E-state index is 0.140. The minimum Gasteiger partial charge on any atom is -0.493 e. The average Bonchev–Trinajstić information content (AvgIpc) is 3.29. The van der Waals surface area contributed by atoms with Crippen molar-refractivity contribution in [2.45, 2.75) is 26.4 Å². The number of carbonyl (C=O) groups is 2. The van der Waals surface area contributed by atoms with Gasteiger partial charge in [0.05, 0.1) is 14.2 Å². The largest absolute Gasteiger partial charge is 0.493 e. The Bertz CT molecular complexity index is 1060. The van der Waals surface area contributed by atoms with Crippen molar-refractivity contribution in [3.63, 3.8) is 0 Å². The zero-order valence-corrected chi connectivity index (χ0v) is 18.6. The van der Waals surface area contributed by atoms with Gasteiger partial charge in [-0.2, -0.15) is 0 Å². The molecule has 7 nitrogen and oxygen atoms in total. The van der Waals surface area contributed by atoms with Crippen LogP contribution in [-0.4, -0.2) is 37.2 Å². The number of nitrogens with one attached hydrogen (secondary N) is 1. The van der Waals surface area contributed by atoms with E-state index in [0.29, 0.717) is 22.2 Å². The molecule has 0 fully saturated rings. The molecule has 1 atom stereocenters. The van der Waals surface area contributed by atoms with Crippen LogP contribution in [0.3, 0.4) is 0 Å². The monoisotopic (exact) mass is 440 g/mol. The molecule has 162 valence electrons. The number of rotatable bonds is 8. The van der Waals surface area contributed by atoms with Gasteiger partial charge in [-0.05, 0) is 49.2 Å². The Hall–Kier alpha value is -3.39. The Morgan fingerprint density at radius 2 is 1.77 bits per heavy atom. The number of carbonyl (C=O) groups excluding carboxylic acids is 2. The van der Waals surface area contributed by atoms with Crippen LogP contribution in [0, 0.1) is 0 Å². The lowest BCUT2D eigenvalue weighted by molar-refractivity contribution is -0.123. The Labute approximate surface area is 185 Å². The smallest absolute Gasteiger partial charge is 0.358 e. The van der Waals surface area contributed by atoms with E-state index in [1.165, 1.54) is 23.8 Å². The van der Waals surface area contributed by atoms with E-state index >= 15 is 0 Å². The van der Waals surface area contributed by atoms with E-state index in [0.717, 1.165) is 12.0 Å². The van der Waals surface area contributed by atoms with Crippen molar-refractivity contribution in [2.24, 2.45) is 0 Å². The lowest BCUT2D eigenvalue weighted by Gasteiger charge is -2.13. The van der Waals surface area contributed by atoms with Crippen LogP contribution in [0.5, 0.6) is 11.5 Å². The van der Waals surface area contributed by atoms with Gasteiger partial charge in [0.2, 0.25) is 0 Å². The van der Waals surface area contributed by atoms with Gasteiger partial charge in [-0.15, -0.1) is 11.3 Å². The predicted molar refractivity (Wildman–Crippen MR) is 120 cm³/mol. The van der Waals surface area contributed by atoms with Crippen LogP contribution in [0.2, 0.25) is 0 Å². The summed E-state index contributed by atoms with van der Waals surface area (Å²) in [7, 11) is 3.11. The number of esters is 1. The molecule has 0 radical (unpaired) electrons. The second-order valence-electron chi connectivity index (χ2n) is 6.69. The fraction of sp³-hybridized carbons (Fsp3) is 0.261. The lowest BCUT2D eigenvalue weighted by Crippen LogP contribution is -2.30. The van der Waals surface area contributed by atoms with Crippen molar-refractivity contribution >= 4 is 28.9 Å². The number of hydrogen-bond acceptors (Lipinski definition) is 7. The molecule has 0 bridgehead atoms.